The van der Waals surface area contributed by atoms with E-state index in [-0.39, 0.29) is 11.7 Å². The fourth-order valence-corrected chi connectivity index (χ4v) is 5.07. The van der Waals surface area contributed by atoms with E-state index in [4.69, 9.17) is 31.7 Å². The van der Waals surface area contributed by atoms with Gasteiger partial charge in [-0.3, -0.25) is 9.11 Å². The van der Waals surface area contributed by atoms with Crippen LogP contribution < -0.4 is 9.47 Å². The summed E-state index contributed by atoms with van der Waals surface area (Å²) in [5.41, 5.74) is 4.70. The molecule has 2 aliphatic heterocycles. The Kier molecular flexibility index (Phi) is 10.8. The van der Waals surface area contributed by atoms with Crippen LogP contribution in [-0.4, -0.2) is 62.6 Å². The molecule has 0 bridgehead atoms. The second-order valence-electron chi connectivity index (χ2n) is 11.2. The van der Waals surface area contributed by atoms with Crippen LogP contribution in [-0.2, 0) is 37.6 Å². The molecule has 13 heteroatoms. The number of ether oxygens (including phenoxy) is 3. The summed E-state index contributed by atoms with van der Waals surface area (Å²) in [5.74, 6) is 0.682. The first-order valence-electron chi connectivity index (χ1n) is 13.7. The van der Waals surface area contributed by atoms with Crippen molar-refractivity contribution in [2.24, 2.45) is 0 Å². The molecule has 0 spiro atoms. The lowest BCUT2D eigenvalue weighted by molar-refractivity contribution is -0.161. The Labute approximate surface area is 252 Å². The molecule has 43 heavy (non-hydrogen) atoms. The molecule has 2 heterocycles. The van der Waals surface area contributed by atoms with Crippen LogP contribution in [0.25, 0.3) is 0 Å². The highest BCUT2D eigenvalue weighted by Crippen LogP contribution is 2.44. The van der Waals surface area contributed by atoms with Gasteiger partial charge in [-0.05, 0) is 109 Å². The van der Waals surface area contributed by atoms with Gasteiger partial charge in [-0.1, -0.05) is 0 Å². The number of rotatable bonds is 3. The topological polar surface area (TPSA) is 197 Å². The zero-order valence-electron chi connectivity index (χ0n) is 26.0. The van der Waals surface area contributed by atoms with Gasteiger partial charge in [0.05, 0.1) is 6.61 Å². The number of esters is 1. The Bertz CT molecular complexity index is 1520. The van der Waals surface area contributed by atoms with Crippen molar-refractivity contribution in [1.82, 2.24) is 0 Å². The number of phenols is 2. The Morgan fingerprint density at radius 2 is 1.09 bits per heavy atom. The number of benzene rings is 2. The fourth-order valence-electron chi connectivity index (χ4n) is 5.07. The predicted octanol–water partition coefficient (Wildman–Crippen LogP) is 4.80. The van der Waals surface area contributed by atoms with Gasteiger partial charge in [0, 0.05) is 24.0 Å². The van der Waals surface area contributed by atoms with Gasteiger partial charge in [-0.15, -0.1) is 0 Å². The number of carbonyl (C=O) groups is 2. The van der Waals surface area contributed by atoms with Crippen LogP contribution in [0, 0.1) is 41.5 Å². The van der Waals surface area contributed by atoms with Crippen molar-refractivity contribution in [2.45, 2.75) is 99.2 Å². The molecule has 0 radical (unpaired) electrons. The van der Waals surface area contributed by atoms with Crippen molar-refractivity contribution in [2.75, 3.05) is 6.61 Å². The molecular weight excluding hydrogens is 584 g/mol. The minimum Gasteiger partial charge on any atom is -0.507 e. The summed E-state index contributed by atoms with van der Waals surface area (Å²) in [6.07, 6.45) is 2.28. The van der Waals surface area contributed by atoms with Gasteiger partial charge in [0.25, 0.3) is 0 Å². The van der Waals surface area contributed by atoms with Crippen molar-refractivity contribution < 1.29 is 56.6 Å². The van der Waals surface area contributed by atoms with Gasteiger partial charge >= 0.3 is 22.3 Å². The second kappa shape index (κ2) is 13.0. The van der Waals surface area contributed by atoms with Crippen molar-refractivity contribution in [3.63, 3.8) is 0 Å². The number of fused-ring (bicyclic) bond motifs is 2. The van der Waals surface area contributed by atoms with Crippen molar-refractivity contribution in [1.29, 1.82) is 0 Å². The molecular formula is C30H42O12S. The van der Waals surface area contributed by atoms with Crippen molar-refractivity contribution in [3.05, 3.63) is 44.5 Å². The van der Waals surface area contributed by atoms with E-state index < -0.39 is 27.6 Å². The minimum absolute atomic E-state index is 0.286. The average Bonchev–Trinajstić information content (AvgIpc) is 2.92. The molecule has 0 fully saturated rings. The number of carbonyl (C=O) groups excluding carboxylic acids is 1. The molecule has 4 rings (SSSR count). The van der Waals surface area contributed by atoms with Gasteiger partial charge < -0.3 is 29.5 Å². The Balaban J connectivity index is 0.000000261. The van der Waals surface area contributed by atoms with E-state index in [0.29, 0.717) is 43.8 Å². The summed E-state index contributed by atoms with van der Waals surface area (Å²) in [5, 5.41) is 29.4. The molecule has 0 saturated heterocycles. The zero-order valence-corrected chi connectivity index (χ0v) is 26.9. The van der Waals surface area contributed by atoms with Gasteiger partial charge in [-0.2, -0.15) is 8.42 Å². The first-order chi connectivity index (χ1) is 19.6. The molecule has 2 atom stereocenters. The molecule has 2 aromatic carbocycles. The van der Waals surface area contributed by atoms with Crippen molar-refractivity contribution >= 4 is 22.3 Å². The standard InChI is InChI=1S/C16H22O4.C14H18O4.H2O4S/c1-6-19-15(18)16(5)8-7-12-11(4)13(17)9(2)10(3)14(12)20-16;1-7-8(2)12-10(9(3)11(7)15)5-6-14(4,18-12)13(16)17;1-5(2,3)4/h17H,6-8H2,1-5H3;15H,5-6H2,1-4H3,(H,16,17);(H2,1,2,3,4)/t16-;14-;/m11./s1. The van der Waals surface area contributed by atoms with E-state index in [9.17, 15) is 24.9 Å². The van der Waals surface area contributed by atoms with Crippen LogP contribution in [0.15, 0.2) is 0 Å². The maximum absolute atomic E-state index is 12.1. The third-order valence-corrected chi connectivity index (χ3v) is 8.20. The second-order valence-corrected chi connectivity index (χ2v) is 12.1. The van der Waals surface area contributed by atoms with Crippen LogP contribution in [0.1, 0.15) is 78.1 Å². The van der Waals surface area contributed by atoms with E-state index in [1.165, 1.54) is 0 Å². The Hall–Kier alpha value is -3.55. The summed E-state index contributed by atoms with van der Waals surface area (Å²) < 4.78 is 48.4. The molecule has 2 aliphatic rings. The fraction of sp³-hybridized carbons (Fsp3) is 0.533. The molecule has 0 aliphatic carbocycles. The lowest BCUT2D eigenvalue weighted by atomic mass is 9.87. The predicted molar refractivity (Wildman–Crippen MR) is 158 cm³/mol. The summed E-state index contributed by atoms with van der Waals surface area (Å²) in [7, 11) is -4.67. The number of carboxylic acids is 1. The highest BCUT2D eigenvalue weighted by molar-refractivity contribution is 7.79. The third-order valence-electron chi connectivity index (χ3n) is 8.20. The van der Waals surface area contributed by atoms with E-state index in [2.05, 4.69) is 0 Å². The quantitative estimate of drug-likeness (QED) is 0.231. The Morgan fingerprint density at radius 1 is 0.744 bits per heavy atom. The summed E-state index contributed by atoms with van der Waals surface area (Å²) in [4.78, 5) is 23.3. The normalized spacial score (nSPS) is 20.4. The zero-order chi connectivity index (χ0) is 33.2. The van der Waals surface area contributed by atoms with Gasteiger partial charge in [-0.25, -0.2) is 9.59 Å². The molecule has 5 N–H and O–H groups in total. The monoisotopic (exact) mass is 626 g/mol. The molecule has 2 aromatic rings. The van der Waals surface area contributed by atoms with Crippen molar-refractivity contribution in [3.8, 4) is 23.0 Å². The third kappa shape index (κ3) is 7.70. The summed E-state index contributed by atoms with van der Waals surface area (Å²) in [6.45, 7) is 16.6. The molecule has 0 unspecified atom stereocenters. The minimum atomic E-state index is -4.67. The molecule has 0 amide bonds. The smallest absolute Gasteiger partial charge is 0.394 e. The average molecular weight is 627 g/mol. The highest BCUT2D eigenvalue weighted by atomic mass is 32.3. The largest absolute Gasteiger partial charge is 0.507 e. The number of hydrogen-bond acceptors (Lipinski definition) is 9. The molecule has 0 saturated carbocycles. The first-order valence-corrected chi connectivity index (χ1v) is 15.1. The maximum atomic E-state index is 12.1. The van der Waals surface area contributed by atoms with Crippen LogP contribution >= 0.6 is 0 Å². The number of hydrogen-bond donors (Lipinski definition) is 5. The SMILES string of the molecule is CCOC(=O)[C@@]1(C)CCc2c(C)c(O)c(C)c(C)c2O1.Cc1c(C)c2c(c(C)c1O)CC[C@](C)(C(=O)O)O2.O=S(=O)(O)O. The van der Waals surface area contributed by atoms with Crippen LogP contribution in [0.5, 0.6) is 23.0 Å². The lowest BCUT2D eigenvalue weighted by Crippen LogP contribution is -2.46. The molecule has 12 nitrogen and oxygen atoms in total. The Morgan fingerprint density at radius 3 is 1.44 bits per heavy atom. The van der Waals surface area contributed by atoms with E-state index in [1.807, 2.05) is 41.5 Å². The molecule has 0 aromatic heterocycles. The number of aromatic hydroxyl groups is 2. The first kappa shape index (κ1) is 35.6. The summed E-state index contributed by atoms with van der Waals surface area (Å²) >= 11 is 0. The van der Waals surface area contributed by atoms with Crippen LogP contribution in [0.4, 0.5) is 0 Å². The van der Waals surface area contributed by atoms with E-state index in [0.717, 1.165) is 50.3 Å². The van der Waals surface area contributed by atoms with Gasteiger partial charge in [0.15, 0.2) is 0 Å². The maximum Gasteiger partial charge on any atom is 0.394 e. The number of phenolic OH excluding ortho intramolecular Hbond substituents is 2. The number of aliphatic carboxylic acids is 1. The molecule has 240 valence electrons. The summed E-state index contributed by atoms with van der Waals surface area (Å²) in [6, 6.07) is 0. The van der Waals surface area contributed by atoms with Crippen LogP contribution in [0.3, 0.4) is 0 Å². The van der Waals surface area contributed by atoms with E-state index >= 15 is 0 Å². The van der Waals surface area contributed by atoms with Gasteiger partial charge in [0.2, 0.25) is 11.2 Å². The van der Waals surface area contributed by atoms with Crippen LogP contribution in [0.2, 0.25) is 0 Å². The lowest BCUT2D eigenvalue weighted by Gasteiger charge is -2.35. The highest BCUT2D eigenvalue weighted by Gasteiger charge is 2.42. The van der Waals surface area contributed by atoms with E-state index in [1.54, 1.807) is 20.8 Å². The van der Waals surface area contributed by atoms with Gasteiger partial charge in [0.1, 0.15) is 23.0 Å². The number of carboxylic acid groups (broad SMARTS) is 1.